The first-order valence-corrected chi connectivity index (χ1v) is 7.06. The SMILES string of the molecule is CCOc1ccccc1Oc1ccc(N)c(OC(C)C)c1. The molecule has 0 radical (unpaired) electrons. The second-order valence-corrected chi connectivity index (χ2v) is 4.85. The summed E-state index contributed by atoms with van der Waals surface area (Å²) >= 11 is 0. The number of hydrogen-bond acceptors (Lipinski definition) is 4. The molecule has 2 N–H and O–H groups in total. The monoisotopic (exact) mass is 287 g/mol. The topological polar surface area (TPSA) is 53.7 Å². The number of para-hydroxylation sites is 2. The van der Waals surface area contributed by atoms with Gasteiger partial charge in [-0.3, -0.25) is 0 Å². The van der Waals surface area contributed by atoms with Crippen LogP contribution in [0.3, 0.4) is 0 Å². The maximum Gasteiger partial charge on any atom is 0.169 e. The summed E-state index contributed by atoms with van der Waals surface area (Å²) in [7, 11) is 0. The molecule has 0 saturated carbocycles. The number of ether oxygens (including phenoxy) is 3. The van der Waals surface area contributed by atoms with Gasteiger partial charge in [-0.25, -0.2) is 0 Å². The molecule has 0 bridgehead atoms. The second-order valence-electron chi connectivity index (χ2n) is 4.85. The van der Waals surface area contributed by atoms with E-state index in [1.54, 1.807) is 12.1 Å². The molecule has 0 aliphatic carbocycles. The Labute approximate surface area is 125 Å². The molecule has 0 aliphatic rings. The summed E-state index contributed by atoms with van der Waals surface area (Å²) in [5, 5.41) is 0. The number of rotatable bonds is 6. The van der Waals surface area contributed by atoms with Gasteiger partial charge < -0.3 is 19.9 Å². The van der Waals surface area contributed by atoms with Crippen LogP contribution in [0.25, 0.3) is 0 Å². The van der Waals surface area contributed by atoms with Gasteiger partial charge in [-0.15, -0.1) is 0 Å². The van der Waals surface area contributed by atoms with Crippen LogP contribution in [0.1, 0.15) is 20.8 Å². The highest BCUT2D eigenvalue weighted by Gasteiger charge is 2.09. The van der Waals surface area contributed by atoms with Gasteiger partial charge in [0, 0.05) is 6.07 Å². The lowest BCUT2D eigenvalue weighted by Crippen LogP contribution is -2.07. The molecule has 0 saturated heterocycles. The van der Waals surface area contributed by atoms with Crippen LogP contribution in [0.2, 0.25) is 0 Å². The number of benzene rings is 2. The predicted molar refractivity (Wildman–Crippen MR) is 84.3 cm³/mol. The third-order valence-electron chi connectivity index (χ3n) is 2.72. The van der Waals surface area contributed by atoms with E-state index in [-0.39, 0.29) is 6.10 Å². The van der Waals surface area contributed by atoms with E-state index in [0.717, 1.165) is 0 Å². The Balaban J connectivity index is 2.23. The second kappa shape index (κ2) is 6.88. The minimum absolute atomic E-state index is 0.0539. The summed E-state index contributed by atoms with van der Waals surface area (Å²) < 4.78 is 17.1. The van der Waals surface area contributed by atoms with Crippen molar-refractivity contribution in [2.24, 2.45) is 0 Å². The number of hydrogen-bond donors (Lipinski definition) is 1. The fraction of sp³-hybridized carbons (Fsp3) is 0.294. The van der Waals surface area contributed by atoms with E-state index in [1.807, 2.05) is 51.1 Å². The van der Waals surface area contributed by atoms with Crippen LogP contribution in [0.15, 0.2) is 42.5 Å². The summed E-state index contributed by atoms with van der Waals surface area (Å²) in [5.74, 6) is 2.66. The lowest BCUT2D eigenvalue weighted by molar-refractivity contribution is 0.243. The average Bonchev–Trinajstić information content (AvgIpc) is 2.44. The van der Waals surface area contributed by atoms with Crippen LogP contribution in [0, 0.1) is 0 Å². The molecular formula is C17H21NO3. The predicted octanol–water partition coefficient (Wildman–Crippen LogP) is 4.25. The molecule has 2 aromatic rings. The van der Waals surface area contributed by atoms with E-state index >= 15 is 0 Å². The largest absolute Gasteiger partial charge is 0.490 e. The van der Waals surface area contributed by atoms with Crippen molar-refractivity contribution in [3.05, 3.63) is 42.5 Å². The molecule has 0 aromatic heterocycles. The summed E-state index contributed by atoms with van der Waals surface area (Å²) in [5.41, 5.74) is 6.50. The van der Waals surface area contributed by atoms with Gasteiger partial charge in [-0.1, -0.05) is 12.1 Å². The van der Waals surface area contributed by atoms with Gasteiger partial charge in [0.1, 0.15) is 11.5 Å². The molecule has 2 rings (SSSR count). The molecule has 0 atom stereocenters. The number of anilines is 1. The Morgan fingerprint density at radius 3 is 2.38 bits per heavy atom. The zero-order chi connectivity index (χ0) is 15.2. The molecule has 0 amide bonds. The quantitative estimate of drug-likeness (QED) is 0.807. The van der Waals surface area contributed by atoms with E-state index < -0.39 is 0 Å². The molecule has 0 unspecified atom stereocenters. The molecule has 112 valence electrons. The van der Waals surface area contributed by atoms with Gasteiger partial charge in [-0.2, -0.15) is 0 Å². The summed E-state index contributed by atoms with van der Waals surface area (Å²) in [6.07, 6.45) is 0.0539. The zero-order valence-corrected chi connectivity index (χ0v) is 12.6. The smallest absolute Gasteiger partial charge is 0.169 e. The number of nitrogen functional groups attached to an aromatic ring is 1. The fourth-order valence-corrected chi connectivity index (χ4v) is 1.87. The van der Waals surface area contributed by atoms with E-state index in [0.29, 0.717) is 35.3 Å². The molecular weight excluding hydrogens is 266 g/mol. The van der Waals surface area contributed by atoms with Gasteiger partial charge in [0.05, 0.1) is 18.4 Å². The Morgan fingerprint density at radius 2 is 1.71 bits per heavy atom. The van der Waals surface area contributed by atoms with Crippen LogP contribution in [-0.2, 0) is 0 Å². The summed E-state index contributed by atoms with van der Waals surface area (Å²) in [6.45, 7) is 6.44. The van der Waals surface area contributed by atoms with Crippen molar-refractivity contribution in [2.45, 2.75) is 26.9 Å². The molecule has 4 nitrogen and oxygen atoms in total. The van der Waals surface area contributed by atoms with Gasteiger partial charge in [-0.05, 0) is 45.0 Å². The maximum absolute atomic E-state index is 5.90. The number of nitrogens with two attached hydrogens (primary N) is 1. The molecule has 21 heavy (non-hydrogen) atoms. The van der Waals surface area contributed by atoms with Gasteiger partial charge in [0.15, 0.2) is 11.5 Å². The van der Waals surface area contributed by atoms with Gasteiger partial charge >= 0.3 is 0 Å². The fourth-order valence-electron chi connectivity index (χ4n) is 1.87. The minimum Gasteiger partial charge on any atom is -0.490 e. The summed E-state index contributed by atoms with van der Waals surface area (Å²) in [6, 6.07) is 12.9. The molecule has 2 aromatic carbocycles. The first kappa shape index (κ1) is 15.0. The molecule has 0 heterocycles. The molecule has 0 aliphatic heterocycles. The lowest BCUT2D eigenvalue weighted by atomic mass is 10.2. The third-order valence-corrected chi connectivity index (χ3v) is 2.72. The van der Waals surface area contributed by atoms with Crippen molar-refractivity contribution < 1.29 is 14.2 Å². The third kappa shape index (κ3) is 4.05. The van der Waals surface area contributed by atoms with Crippen LogP contribution >= 0.6 is 0 Å². The van der Waals surface area contributed by atoms with Crippen molar-refractivity contribution >= 4 is 5.69 Å². The van der Waals surface area contributed by atoms with Gasteiger partial charge in [0.2, 0.25) is 0 Å². The van der Waals surface area contributed by atoms with Crippen LogP contribution in [0.4, 0.5) is 5.69 Å². The van der Waals surface area contributed by atoms with Crippen LogP contribution in [-0.4, -0.2) is 12.7 Å². The Morgan fingerprint density at radius 1 is 1.00 bits per heavy atom. The Hall–Kier alpha value is -2.36. The van der Waals surface area contributed by atoms with E-state index in [2.05, 4.69) is 0 Å². The van der Waals surface area contributed by atoms with E-state index in [9.17, 15) is 0 Å². The van der Waals surface area contributed by atoms with E-state index in [1.165, 1.54) is 0 Å². The van der Waals surface area contributed by atoms with Gasteiger partial charge in [0.25, 0.3) is 0 Å². The van der Waals surface area contributed by atoms with Crippen molar-refractivity contribution in [2.75, 3.05) is 12.3 Å². The van der Waals surface area contributed by atoms with Crippen molar-refractivity contribution in [3.63, 3.8) is 0 Å². The highest BCUT2D eigenvalue weighted by atomic mass is 16.5. The van der Waals surface area contributed by atoms with Crippen LogP contribution in [0.5, 0.6) is 23.0 Å². The maximum atomic E-state index is 5.90. The summed E-state index contributed by atoms with van der Waals surface area (Å²) in [4.78, 5) is 0. The van der Waals surface area contributed by atoms with Crippen molar-refractivity contribution in [1.29, 1.82) is 0 Å². The average molecular weight is 287 g/mol. The van der Waals surface area contributed by atoms with Crippen molar-refractivity contribution in [1.82, 2.24) is 0 Å². The zero-order valence-electron chi connectivity index (χ0n) is 12.6. The lowest BCUT2D eigenvalue weighted by Gasteiger charge is -2.15. The molecule has 0 fully saturated rings. The Bertz CT molecular complexity index is 596. The standard InChI is InChI=1S/C17H21NO3/c1-4-19-15-7-5-6-8-16(15)21-13-9-10-14(18)17(11-13)20-12(2)3/h5-12H,4,18H2,1-3H3. The Kier molecular flexibility index (Phi) is 4.93. The normalized spacial score (nSPS) is 10.5. The van der Waals surface area contributed by atoms with E-state index in [4.69, 9.17) is 19.9 Å². The molecule has 0 spiro atoms. The highest BCUT2D eigenvalue weighted by molar-refractivity contribution is 5.56. The minimum atomic E-state index is 0.0539. The van der Waals surface area contributed by atoms with Crippen molar-refractivity contribution in [3.8, 4) is 23.0 Å². The first-order valence-electron chi connectivity index (χ1n) is 7.06. The molecule has 4 heteroatoms. The first-order chi connectivity index (χ1) is 10.1. The van der Waals surface area contributed by atoms with Crippen LogP contribution < -0.4 is 19.9 Å². The highest BCUT2D eigenvalue weighted by Crippen LogP contribution is 2.34.